The van der Waals surface area contributed by atoms with Crippen LogP contribution in [-0.4, -0.2) is 40.8 Å². The predicted molar refractivity (Wildman–Crippen MR) is 103 cm³/mol. The number of nitrogen functional groups attached to an aromatic ring is 1. The van der Waals surface area contributed by atoms with E-state index in [0.717, 1.165) is 29.4 Å². The van der Waals surface area contributed by atoms with E-state index in [1.807, 2.05) is 6.07 Å². The molecule has 4 rings (SSSR count). The van der Waals surface area contributed by atoms with Gasteiger partial charge in [-0.05, 0) is 32.3 Å². The average Bonchev–Trinajstić information content (AvgIpc) is 2.88. The van der Waals surface area contributed by atoms with E-state index in [-0.39, 0.29) is 17.9 Å². The number of likely N-dealkylation sites (N-methyl/N-ethyl adjacent to an activating group) is 1. The number of anilines is 1. The van der Waals surface area contributed by atoms with Gasteiger partial charge in [0.1, 0.15) is 5.69 Å². The van der Waals surface area contributed by atoms with Crippen LogP contribution in [0.2, 0.25) is 0 Å². The summed E-state index contributed by atoms with van der Waals surface area (Å²) in [6.45, 7) is 1.84. The van der Waals surface area contributed by atoms with Crippen LogP contribution in [0.25, 0.3) is 22.2 Å². The van der Waals surface area contributed by atoms with Gasteiger partial charge >= 0.3 is 0 Å². The van der Waals surface area contributed by atoms with Gasteiger partial charge in [-0.3, -0.25) is 4.68 Å². The van der Waals surface area contributed by atoms with E-state index in [4.69, 9.17) is 10.8 Å². The lowest BCUT2D eigenvalue weighted by Gasteiger charge is -2.16. The van der Waals surface area contributed by atoms with Crippen molar-refractivity contribution >= 4 is 40.8 Å². The van der Waals surface area contributed by atoms with Crippen molar-refractivity contribution in [3.05, 3.63) is 36.4 Å². The van der Waals surface area contributed by atoms with Crippen LogP contribution in [0, 0.1) is 0 Å². The van der Waals surface area contributed by atoms with Gasteiger partial charge in [0, 0.05) is 33.0 Å². The number of aromatic nitrogens is 2. The number of halogens is 1. The summed E-state index contributed by atoms with van der Waals surface area (Å²) in [5.41, 5.74) is 10.5. The zero-order valence-corrected chi connectivity index (χ0v) is 15.2. The lowest BCUT2D eigenvalue weighted by atomic mass is 10.1. The molecule has 4 N–H and O–H groups in total. The fraction of sp³-hybridized carbons (Fsp3) is 0.235. The predicted octanol–water partition coefficient (Wildman–Crippen LogP) is 2.91. The van der Waals surface area contributed by atoms with Crippen LogP contribution in [0.1, 0.15) is 0 Å². The molecule has 2 heterocycles. The maximum Gasteiger partial charge on any atom is 0.103 e. The highest BCUT2D eigenvalue weighted by molar-refractivity contribution is 8.00. The third-order valence-electron chi connectivity index (χ3n) is 4.01. The smallest absolute Gasteiger partial charge is 0.103 e. The van der Waals surface area contributed by atoms with Crippen LogP contribution in [0.4, 0.5) is 5.69 Å². The van der Waals surface area contributed by atoms with Gasteiger partial charge in [-0.1, -0.05) is 30.0 Å². The molecular weight excluding hydrogens is 344 g/mol. The third-order valence-corrected chi connectivity index (χ3v) is 5.23. The first kappa shape index (κ1) is 18.6. The van der Waals surface area contributed by atoms with E-state index in [2.05, 4.69) is 54.0 Å². The second-order valence-corrected chi connectivity index (χ2v) is 6.90. The summed E-state index contributed by atoms with van der Waals surface area (Å²) in [7, 11) is 4.17. The van der Waals surface area contributed by atoms with Crippen molar-refractivity contribution in [2.75, 3.05) is 26.4 Å². The van der Waals surface area contributed by atoms with E-state index >= 15 is 0 Å². The summed E-state index contributed by atoms with van der Waals surface area (Å²) >= 11 is 1.75. The molecule has 128 valence electrons. The topological polar surface area (TPSA) is 78.6 Å². The van der Waals surface area contributed by atoms with Crippen molar-refractivity contribution in [2.45, 2.75) is 16.3 Å². The Balaban J connectivity index is 0.00000104. The molecule has 0 saturated carbocycles. The molecule has 3 aromatic rings. The number of rotatable bonds is 3. The van der Waals surface area contributed by atoms with Crippen molar-refractivity contribution in [3.8, 4) is 11.3 Å². The second-order valence-electron chi connectivity index (χ2n) is 5.85. The molecule has 0 fully saturated rings. The summed E-state index contributed by atoms with van der Waals surface area (Å²) in [6, 6.07) is 12.5. The summed E-state index contributed by atoms with van der Waals surface area (Å²) in [5, 5.41) is 6.09. The van der Waals surface area contributed by atoms with Crippen LogP contribution in [0.15, 0.2) is 46.2 Å². The Kier molecular flexibility index (Phi) is 5.45. The van der Waals surface area contributed by atoms with Crippen LogP contribution in [0.5, 0.6) is 0 Å². The molecule has 0 bridgehead atoms. The molecule has 1 aliphatic heterocycles. The SMILES string of the molecule is CN(C)CCn1nc2c3c(c(N)ccc31)Sc1ccccc1-2.Cl.O. The molecule has 7 heteroatoms. The molecule has 0 saturated heterocycles. The Bertz CT molecular complexity index is 878. The van der Waals surface area contributed by atoms with Gasteiger partial charge in [0.25, 0.3) is 0 Å². The summed E-state index contributed by atoms with van der Waals surface area (Å²) in [6.07, 6.45) is 0. The molecule has 0 amide bonds. The minimum Gasteiger partial charge on any atom is -0.412 e. The Morgan fingerprint density at radius 3 is 2.67 bits per heavy atom. The number of benzene rings is 2. The molecular formula is C17H21ClN4OS. The fourth-order valence-electron chi connectivity index (χ4n) is 2.88. The molecule has 24 heavy (non-hydrogen) atoms. The van der Waals surface area contributed by atoms with Gasteiger partial charge in [-0.15, -0.1) is 12.4 Å². The van der Waals surface area contributed by atoms with Crippen LogP contribution in [-0.2, 0) is 6.54 Å². The lowest BCUT2D eigenvalue weighted by Crippen LogP contribution is -2.18. The molecule has 0 spiro atoms. The first-order valence-electron chi connectivity index (χ1n) is 7.36. The molecule has 0 radical (unpaired) electrons. The molecule has 2 aromatic carbocycles. The Hall–Kier alpha value is -1.73. The summed E-state index contributed by atoms with van der Waals surface area (Å²) < 4.78 is 2.11. The van der Waals surface area contributed by atoms with E-state index in [1.54, 1.807) is 11.8 Å². The summed E-state index contributed by atoms with van der Waals surface area (Å²) in [5.74, 6) is 0. The normalized spacial score (nSPS) is 11.8. The molecule has 0 atom stereocenters. The van der Waals surface area contributed by atoms with Crippen molar-refractivity contribution in [2.24, 2.45) is 0 Å². The third kappa shape index (κ3) is 2.86. The van der Waals surface area contributed by atoms with E-state index in [0.29, 0.717) is 0 Å². The van der Waals surface area contributed by atoms with Crippen molar-refractivity contribution in [3.63, 3.8) is 0 Å². The fourth-order valence-corrected chi connectivity index (χ4v) is 4.01. The average molecular weight is 365 g/mol. The zero-order chi connectivity index (χ0) is 15.3. The highest BCUT2D eigenvalue weighted by Gasteiger charge is 2.24. The standard InChI is InChI=1S/C17H18N4S.ClH.H2O/c1-20(2)9-10-21-13-8-7-12(18)17-15(13)16(19-21)11-5-3-4-6-14(11)22-17;;/h3-8H,9-10,18H2,1-2H3;1H;1H2. The monoisotopic (exact) mass is 364 g/mol. The molecule has 0 aliphatic carbocycles. The Morgan fingerprint density at radius 1 is 1.17 bits per heavy atom. The van der Waals surface area contributed by atoms with E-state index in [1.165, 1.54) is 21.4 Å². The van der Waals surface area contributed by atoms with Crippen LogP contribution < -0.4 is 5.73 Å². The number of fused-ring (bicyclic) bond motifs is 2. The van der Waals surface area contributed by atoms with Crippen LogP contribution in [0.3, 0.4) is 0 Å². The number of hydrogen-bond donors (Lipinski definition) is 1. The minimum atomic E-state index is 0. The van der Waals surface area contributed by atoms with Gasteiger partial charge in [0.05, 0.1) is 12.1 Å². The summed E-state index contributed by atoms with van der Waals surface area (Å²) in [4.78, 5) is 4.54. The first-order valence-corrected chi connectivity index (χ1v) is 8.18. The highest BCUT2D eigenvalue weighted by Crippen LogP contribution is 2.49. The molecule has 1 aromatic heterocycles. The van der Waals surface area contributed by atoms with Gasteiger partial charge in [0.15, 0.2) is 0 Å². The zero-order valence-electron chi connectivity index (χ0n) is 13.6. The number of nitrogens with zero attached hydrogens (tertiary/aromatic N) is 3. The van der Waals surface area contributed by atoms with Crippen molar-refractivity contribution < 1.29 is 5.48 Å². The lowest BCUT2D eigenvalue weighted by molar-refractivity contribution is 0.377. The largest absolute Gasteiger partial charge is 0.412 e. The number of nitrogens with two attached hydrogens (primary N) is 1. The van der Waals surface area contributed by atoms with Gasteiger partial charge in [-0.2, -0.15) is 5.10 Å². The Morgan fingerprint density at radius 2 is 1.92 bits per heavy atom. The molecule has 1 aliphatic rings. The van der Waals surface area contributed by atoms with Crippen molar-refractivity contribution in [1.29, 1.82) is 0 Å². The number of hydrogen-bond acceptors (Lipinski definition) is 4. The highest BCUT2D eigenvalue weighted by atomic mass is 35.5. The quantitative estimate of drug-likeness (QED) is 0.567. The maximum atomic E-state index is 6.22. The van der Waals surface area contributed by atoms with E-state index in [9.17, 15) is 0 Å². The van der Waals surface area contributed by atoms with E-state index < -0.39 is 0 Å². The van der Waals surface area contributed by atoms with Crippen molar-refractivity contribution in [1.82, 2.24) is 14.7 Å². The Labute approximate surface area is 151 Å². The van der Waals surface area contributed by atoms with Gasteiger partial charge in [0.2, 0.25) is 0 Å². The maximum absolute atomic E-state index is 6.22. The first-order chi connectivity index (χ1) is 10.6. The van der Waals surface area contributed by atoms with Crippen LogP contribution >= 0.6 is 24.2 Å². The van der Waals surface area contributed by atoms with Gasteiger partial charge in [-0.25, -0.2) is 0 Å². The molecule has 0 unspecified atom stereocenters. The minimum absolute atomic E-state index is 0. The van der Waals surface area contributed by atoms with Gasteiger partial charge < -0.3 is 16.1 Å². The molecule has 5 nitrogen and oxygen atoms in total. The second kappa shape index (κ2) is 7.03.